The molecule has 1 aromatic carbocycles. The van der Waals surface area contributed by atoms with E-state index in [2.05, 4.69) is 51.8 Å². The molecule has 5 rings (SSSR count). The van der Waals surface area contributed by atoms with E-state index in [1.165, 1.54) is 5.06 Å². The third kappa shape index (κ3) is 5.26. The number of rotatable bonds is 4. The molecule has 2 aliphatic heterocycles. The van der Waals surface area contributed by atoms with Crippen molar-refractivity contribution in [3.63, 3.8) is 0 Å². The number of hydrogen-bond acceptors (Lipinski definition) is 8. The van der Waals surface area contributed by atoms with Gasteiger partial charge in [0.2, 0.25) is 5.95 Å². The first-order valence-corrected chi connectivity index (χ1v) is 12.1. The predicted octanol–water partition coefficient (Wildman–Crippen LogP) is 3.71. The van der Waals surface area contributed by atoms with Gasteiger partial charge in [-0.15, -0.1) is 0 Å². The zero-order valence-corrected chi connectivity index (χ0v) is 21.0. The van der Waals surface area contributed by atoms with E-state index >= 15 is 0 Å². The van der Waals surface area contributed by atoms with Crippen molar-refractivity contribution in [1.82, 2.24) is 35.4 Å². The second kappa shape index (κ2) is 9.75. The summed E-state index contributed by atoms with van der Waals surface area (Å²) < 4.78 is 7.77. The van der Waals surface area contributed by atoms with Crippen molar-refractivity contribution in [3.8, 4) is 17.0 Å². The Morgan fingerprint density at radius 3 is 2.86 bits per heavy atom. The van der Waals surface area contributed by atoms with Gasteiger partial charge in [0.15, 0.2) is 0 Å². The number of urea groups is 1. The number of aryl methyl sites for hydroxylation is 1. The van der Waals surface area contributed by atoms with Gasteiger partial charge in [0, 0.05) is 36.0 Å². The van der Waals surface area contributed by atoms with E-state index in [-0.39, 0.29) is 23.7 Å². The molecule has 0 radical (unpaired) electrons. The summed E-state index contributed by atoms with van der Waals surface area (Å²) in [4.78, 5) is 27.8. The van der Waals surface area contributed by atoms with Crippen molar-refractivity contribution in [2.45, 2.75) is 45.9 Å². The van der Waals surface area contributed by atoms with Gasteiger partial charge in [-0.2, -0.15) is 10.2 Å². The number of fused-ring (bicyclic) bond motifs is 1. The Bertz CT molecular complexity index is 1240. The summed E-state index contributed by atoms with van der Waals surface area (Å²) in [6.45, 7) is 7.12. The molecule has 2 amide bonds. The standard InChI is InChI=1S/C25H32N8O3/c1-25(2,3)22-27-15-33(36-22)24(34)31-20-6-5-11-35-21-12-16(7-8-18(20)21)19-9-10-26-23(30-19)29-17-13-28-32(4)14-17/h7-10,12-14,20,22,27H,5-6,11,15H2,1-4H3,(H,31,34)(H,26,29,30). The molecule has 1 fully saturated rings. The Morgan fingerprint density at radius 2 is 2.11 bits per heavy atom. The lowest BCUT2D eigenvalue weighted by atomic mass is 9.95. The molecule has 2 unspecified atom stereocenters. The first kappa shape index (κ1) is 24.0. The number of nitrogens with zero attached hydrogens (tertiary/aromatic N) is 5. The first-order valence-electron chi connectivity index (χ1n) is 12.1. The van der Waals surface area contributed by atoms with Crippen LogP contribution in [0.1, 0.15) is 45.2 Å². The smallest absolute Gasteiger partial charge is 0.343 e. The fourth-order valence-corrected chi connectivity index (χ4v) is 4.25. The highest BCUT2D eigenvalue weighted by atomic mass is 16.7. The van der Waals surface area contributed by atoms with Crippen LogP contribution in [0.2, 0.25) is 0 Å². The summed E-state index contributed by atoms with van der Waals surface area (Å²) in [6.07, 6.45) is 6.66. The molecule has 0 bridgehead atoms. The SMILES string of the molecule is Cn1cc(Nc2nccc(-c3ccc4c(c3)OCCCC4NC(=O)N3CNC(C(C)(C)C)O3)n2)cn1. The molecule has 190 valence electrons. The van der Waals surface area contributed by atoms with Crippen molar-refractivity contribution in [3.05, 3.63) is 48.4 Å². The number of carbonyl (C=O) groups excluding carboxylic acids is 1. The molecule has 0 saturated carbocycles. The minimum absolute atomic E-state index is 0.122. The molecule has 0 spiro atoms. The summed E-state index contributed by atoms with van der Waals surface area (Å²) in [5.74, 6) is 1.22. The van der Waals surface area contributed by atoms with Gasteiger partial charge in [0.1, 0.15) is 18.6 Å². The molecular formula is C25H32N8O3. The van der Waals surface area contributed by atoms with E-state index in [9.17, 15) is 4.79 Å². The molecular weight excluding hydrogens is 460 g/mol. The van der Waals surface area contributed by atoms with Gasteiger partial charge in [-0.05, 0) is 25.0 Å². The molecule has 1 saturated heterocycles. The predicted molar refractivity (Wildman–Crippen MR) is 134 cm³/mol. The third-order valence-corrected chi connectivity index (χ3v) is 6.16. The number of carbonyl (C=O) groups is 1. The molecule has 0 aliphatic carbocycles. The molecule has 3 N–H and O–H groups in total. The maximum absolute atomic E-state index is 13.0. The van der Waals surface area contributed by atoms with E-state index in [0.29, 0.717) is 19.2 Å². The average molecular weight is 493 g/mol. The van der Waals surface area contributed by atoms with Gasteiger partial charge in [0.05, 0.1) is 30.2 Å². The van der Waals surface area contributed by atoms with E-state index in [1.54, 1.807) is 17.1 Å². The third-order valence-electron chi connectivity index (χ3n) is 6.16. The number of hydrogen-bond donors (Lipinski definition) is 3. The van der Waals surface area contributed by atoms with Crippen LogP contribution in [0.15, 0.2) is 42.9 Å². The van der Waals surface area contributed by atoms with Crippen molar-refractivity contribution >= 4 is 17.7 Å². The van der Waals surface area contributed by atoms with Crippen molar-refractivity contribution in [2.24, 2.45) is 12.5 Å². The average Bonchev–Trinajstić information content (AvgIpc) is 3.46. The normalized spacial score (nSPS) is 19.8. The van der Waals surface area contributed by atoms with Gasteiger partial charge in [-0.3, -0.25) is 10.00 Å². The summed E-state index contributed by atoms with van der Waals surface area (Å²) in [6, 6.07) is 7.37. The van der Waals surface area contributed by atoms with Gasteiger partial charge >= 0.3 is 6.03 Å². The van der Waals surface area contributed by atoms with Gasteiger partial charge in [-0.1, -0.05) is 32.9 Å². The number of hydroxylamine groups is 2. The van der Waals surface area contributed by atoms with Gasteiger partial charge < -0.3 is 15.4 Å². The maximum atomic E-state index is 13.0. The monoisotopic (exact) mass is 492 g/mol. The Labute approximate surface area is 210 Å². The summed E-state index contributed by atoms with van der Waals surface area (Å²) in [7, 11) is 1.85. The van der Waals surface area contributed by atoms with Crippen LogP contribution in [0.5, 0.6) is 5.75 Å². The van der Waals surface area contributed by atoms with E-state index in [0.717, 1.165) is 41.1 Å². The fourth-order valence-electron chi connectivity index (χ4n) is 4.25. The molecule has 36 heavy (non-hydrogen) atoms. The molecule has 2 atom stereocenters. The van der Waals surface area contributed by atoms with E-state index < -0.39 is 0 Å². The lowest BCUT2D eigenvalue weighted by Crippen LogP contribution is -2.40. The minimum Gasteiger partial charge on any atom is -0.493 e. The topological polar surface area (TPSA) is 118 Å². The summed E-state index contributed by atoms with van der Waals surface area (Å²) in [5, 5.41) is 15.0. The largest absolute Gasteiger partial charge is 0.493 e. The summed E-state index contributed by atoms with van der Waals surface area (Å²) >= 11 is 0. The van der Waals surface area contributed by atoms with Gasteiger partial charge in [-0.25, -0.2) is 19.6 Å². The highest BCUT2D eigenvalue weighted by molar-refractivity contribution is 5.74. The lowest BCUT2D eigenvalue weighted by Gasteiger charge is -2.26. The first-order chi connectivity index (χ1) is 17.3. The number of amides is 2. The molecule has 11 nitrogen and oxygen atoms in total. The molecule has 4 heterocycles. The van der Waals surface area contributed by atoms with Crippen LogP contribution in [-0.2, 0) is 11.9 Å². The summed E-state index contributed by atoms with van der Waals surface area (Å²) in [5.41, 5.74) is 3.29. The van der Waals surface area contributed by atoms with E-state index in [4.69, 9.17) is 9.57 Å². The Balaban J connectivity index is 1.32. The number of nitrogens with one attached hydrogen (secondary N) is 3. The van der Waals surface area contributed by atoms with Gasteiger partial charge in [0.25, 0.3) is 0 Å². The van der Waals surface area contributed by atoms with Crippen LogP contribution >= 0.6 is 0 Å². The Morgan fingerprint density at radius 1 is 1.25 bits per heavy atom. The quantitative estimate of drug-likeness (QED) is 0.504. The zero-order chi connectivity index (χ0) is 25.3. The zero-order valence-electron chi connectivity index (χ0n) is 21.0. The Kier molecular flexibility index (Phi) is 6.50. The maximum Gasteiger partial charge on any atom is 0.343 e. The second-order valence-corrected chi connectivity index (χ2v) is 10.1. The van der Waals surface area contributed by atoms with Crippen LogP contribution in [0.25, 0.3) is 11.3 Å². The van der Waals surface area contributed by atoms with Crippen LogP contribution in [0.3, 0.4) is 0 Å². The molecule has 3 aromatic rings. The number of ether oxygens (including phenoxy) is 1. The highest BCUT2D eigenvalue weighted by Crippen LogP contribution is 2.35. The van der Waals surface area contributed by atoms with Crippen molar-refractivity contribution < 1.29 is 14.4 Å². The number of benzene rings is 1. The Hall–Kier alpha value is -3.70. The number of anilines is 2. The molecule has 2 aliphatic rings. The molecule has 11 heteroatoms. The van der Waals surface area contributed by atoms with Crippen LogP contribution in [0, 0.1) is 5.41 Å². The van der Waals surface area contributed by atoms with Crippen LogP contribution in [0.4, 0.5) is 16.4 Å². The van der Waals surface area contributed by atoms with Crippen LogP contribution in [-0.4, -0.2) is 50.3 Å². The second-order valence-electron chi connectivity index (χ2n) is 10.1. The highest BCUT2D eigenvalue weighted by Gasteiger charge is 2.36. The lowest BCUT2D eigenvalue weighted by molar-refractivity contribution is -0.139. The van der Waals surface area contributed by atoms with Crippen molar-refractivity contribution in [1.29, 1.82) is 0 Å². The number of aromatic nitrogens is 4. The molecule has 2 aromatic heterocycles. The van der Waals surface area contributed by atoms with Crippen LogP contribution < -0.4 is 20.7 Å². The fraction of sp³-hybridized carbons (Fsp3) is 0.440. The van der Waals surface area contributed by atoms with Crippen molar-refractivity contribution in [2.75, 3.05) is 18.6 Å². The minimum atomic E-state index is -0.266. The van der Waals surface area contributed by atoms with E-state index in [1.807, 2.05) is 37.5 Å².